The van der Waals surface area contributed by atoms with E-state index in [1.54, 1.807) is 0 Å². The van der Waals surface area contributed by atoms with Crippen molar-refractivity contribution in [2.45, 2.75) is 32.2 Å². The van der Waals surface area contributed by atoms with Gasteiger partial charge in [0.25, 0.3) is 5.91 Å². The maximum absolute atomic E-state index is 12.2. The van der Waals surface area contributed by atoms with Gasteiger partial charge in [-0.25, -0.2) is 0 Å². The fraction of sp³-hybridized carbons (Fsp3) is 0.462. The van der Waals surface area contributed by atoms with E-state index >= 15 is 0 Å². The van der Waals surface area contributed by atoms with Crippen molar-refractivity contribution < 1.29 is 4.79 Å². The van der Waals surface area contributed by atoms with Crippen LogP contribution in [0.4, 0.5) is 0 Å². The molecule has 4 heteroatoms. The van der Waals surface area contributed by atoms with E-state index in [9.17, 15) is 4.79 Å². The summed E-state index contributed by atoms with van der Waals surface area (Å²) in [7, 11) is 0. The van der Waals surface area contributed by atoms with Gasteiger partial charge in [0.2, 0.25) is 0 Å². The minimum Gasteiger partial charge on any atom is -0.347 e. The lowest BCUT2D eigenvalue weighted by Gasteiger charge is -2.29. The number of hydrogen-bond donors (Lipinski definition) is 1. The minimum absolute atomic E-state index is 0.0236. The van der Waals surface area contributed by atoms with Crippen LogP contribution in [0.2, 0.25) is 0 Å². The molecule has 0 bridgehead atoms. The lowest BCUT2D eigenvalue weighted by molar-refractivity contribution is 0.0900. The van der Waals surface area contributed by atoms with Crippen molar-refractivity contribution in [1.82, 2.24) is 5.32 Å². The first kappa shape index (κ1) is 14.8. The van der Waals surface area contributed by atoms with Gasteiger partial charge in [-0.05, 0) is 54.5 Å². The second-order valence-electron chi connectivity index (χ2n) is 4.29. The summed E-state index contributed by atoms with van der Waals surface area (Å²) in [6, 6.07) is 7.58. The molecule has 0 heterocycles. The lowest BCUT2D eigenvalue weighted by Crippen LogP contribution is -2.46. The van der Waals surface area contributed by atoms with Gasteiger partial charge in [0.05, 0.1) is 5.56 Å². The summed E-state index contributed by atoms with van der Waals surface area (Å²) >= 11 is 7.95. The van der Waals surface area contributed by atoms with Crippen LogP contribution in [0.25, 0.3) is 0 Å². The number of benzene rings is 1. The highest BCUT2D eigenvalue weighted by atomic mass is 127. The Bertz CT molecular complexity index is 397. The summed E-state index contributed by atoms with van der Waals surface area (Å²) in [6.45, 7) is 4.09. The van der Waals surface area contributed by atoms with E-state index in [1.165, 1.54) is 0 Å². The average molecular weight is 366 g/mol. The molecule has 0 spiro atoms. The summed E-state index contributed by atoms with van der Waals surface area (Å²) in [5.74, 6) is 0.528. The molecular weight excluding hydrogens is 349 g/mol. The number of nitrogens with one attached hydrogen (secondary N) is 1. The highest BCUT2D eigenvalue weighted by molar-refractivity contribution is 14.1. The number of alkyl halides is 1. The van der Waals surface area contributed by atoms with E-state index in [0.717, 1.165) is 22.0 Å². The molecule has 1 N–H and O–H groups in total. The van der Waals surface area contributed by atoms with E-state index in [1.807, 2.05) is 31.2 Å². The molecule has 17 heavy (non-hydrogen) atoms. The van der Waals surface area contributed by atoms with E-state index in [2.05, 4.69) is 34.8 Å². The topological polar surface area (TPSA) is 29.1 Å². The molecular formula is C13H17ClINO. The molecule has 0 saturated carbocycles. The van der Waals surface area contributed by atoms with Crippen LogP contribution in [0, 0.1) is 3.57 Å². The van der Waals surface area contributed by atoms with Crippen LogP contribution in [0.15, 0.2) is 24.3 Å². The molecule has 0 radical (unpaired) electrons. The third-order valence-corrected chi connectivity index (χ3v) is 4.09. The Kier molecular flexibility index (Phi) is 5.73. The molecule has 0 saturated heterocycles. The molecule has 0 aromatic heterocycles. The molecule has 1 atom stereocenters. The second-order valence-corrected chi connectivity index (χ2v) is 5.83. The number of carbonyl (C=O) groups is 1. The Balaban J connectivity index is 2.82. The summed E-state index contributed by atoms with van der Waals surface area (Å²) < 4.78 is 0.965. The van der Waals surface area contributed by atoms with Crippen LogP contribution >= 0.6 is 34.2 Å². The van der Waals surface area contributed by atoms with E-state index in [4.69, 9.17) is 11.6 Å². The number of amides is 1. The van der Waals surface area contributed by atoms with Crippen LogP contribution < -0.4 is 5.32 Å². The molecule has 0 aliphatic rings. The van der Waals surface area contributed by atoms with Crippen LogP contribution in [0.3, 0.4) is 0 Å². The molecule has 2 nitrogen and oxygen atoms in total. The number of rotatable bonds is 5. The van der Waals surface area contributed by atoms with Gasteiger partial charge in [-0.3, -0.25) is 4.79 Å². The van der Waals surface area contributed by atoms with Crippen molar-refractivity contribution in [1.29, 1.82) is 0 Å². The van der Waals surface area contributed by atoms with E-state index < -0.39 is 0 Å². The minimum atomic E-state index is -0.224. The number of halogens is 2. The maximum Gasteiger partial charge on any atom is 0.252 e. The lowest BCUT2D eigenvalue weighted by atomic mass is 9.95. The van der Waals surface area contributed by atoms with E-state index in [-0.39, 0.29) is 11.4 Å². The molecule has 1 aromatic carbocycles. The van der Waals surface area contributed by atoms with Gasteiger partial charge in [-0.1, -0.05) is 19.1 Å². The molecule has 0 fully saturated rings. The van der Waals surface area contributed by atoms with Gasteiger partial charge in [0.15, 0.2) is 0 Å². The highest BCUT2D eigenvalue weighted by Crippen LogP contribution is 2.18. The van der Waals surface area contributed by atoms with Crippen LogP contribution in [0.5, 0.6) is 0 Å². The van der Waals surface area contributed by atoms with Crippen molar-refractivity contribution in [2.75, 3.05) is 5.88 Å². The number of hydrogen-bond acceptors (Lipinski definition) is 1. The maximum atomic E-state index is 12.2. The third-order valence-electron chi connectivity index (χ3n) is 2.96. The molecule has 1 aromatic rings. The van der Waals surface area contributed by atoms with Crippen LogP contribution in [-0.4, -0.2) is 17.3 Å². The highest BCUT2D eigenvalue weighted by Gasteiger charge is 2.24. The Morgan fingerprint density at radius 3 is 2.65 bits per heavy atom. The Morgan fingerprint density at radius 1 is 1.47 bits per heavy atom. The summed E-state index contributed by atoms with van der Waals surface area (Å²) in [5, 5.41) is 3.07. The normalized spacial score (nSPS) is 14.1. The van der Waals surface area contributed by atoms with Gasteiger partial charge >= 0.3 is 0 Å². The second kappa shape index (κ2) is 6.59. The molecule has 1 rings (SSSR count). The molecule has 1 amide bonds. The first-order chi connectivity index (χ1) is 8.02. The molecule has 1 unspecified atom stereocenters. The van der Waals surface area contributed by atoms with Gasteiger partial charge in [-0.2, -0.15) is 0 Å². The molecule has 0 aliphatic heterocycles. The van der Waals surface area contributed by atoms with Gasteiger partial charge in [0, 0.05) is 15.0 Å². The predicted molar refractivity (Wildman–Crippen MR) is 80.7 cm³/mol. The fourth-order valence-corrected chi connectivity index (χ4v) is 2.57. The first-order valence-electron chi connectivity index (χ1n) is 5.65. The first-order valence-corrected chi connectivity index (χ1v) is 7.27. The van der Waals surface area contributed by atoms with Crippen LogP contribution in [0.1, 0.15) is 37.0 Å². The van der Waals surface area contributed by atoms with Gasteiger partial charge in [-0.15, -0.1) is 11.6 Å². The summed E-state index contributed by atoms with van der Waals surface area (Å²) in [6.07, 6.45) is 1.65. The Hall–Kier alpha value is -0.290. The summed E-state index contributed by atoms with van der Waals surface area (Å²) in [5.41, 5.74) is 0.500. The van der Waals surface area contributed by atoms with Crippen molar-refractivity contribution in [2.24, 2.45) is 0 Å². The van der Waals surface area contributed by atoms with Crippen molar-refractivity contribution in [3.63, 3.8) is 0 Å². The van der Waals surface area contributed by atoms with Crippen molar-refractivity contribution >= 4 is 40.1 Å². The summed E-state index contributed by atoms with van der Waals surface area (Å²) in [4.78, 5) is 12.2. The van der Waals surface area contributed by atoms with E-state index in [0.29, 0.717) is 5.88 Å². The zero-order chi connectivity index (χ0) is 12.9. The number of carbonyl (C=O) groups excluding carboxylic acids is 1. The standard InChI is InChI=1S/C13H17ClINO/c1-3-13(2,8-9-14)16-12(17)10-6-4-5-7-11(10)15/h4-7H,3,8-9H2,1-2H3,(H,16,17). The molecule has 94 valence electrons. The third kappa shape index (κ3) is 4.14. The van der Waals surface area contributed by atoms with Crippen LogP contribution in [-0.2, 0) is 0 Å². The Morgan fingerprint density at radius 2 is 2.12 bits per heavy atom. The molecule has 0 aliphatic carbocycles. The van der Waals surface area contributed by atoms with Crippen molar-refractivity contribution in [3.8, 4) is 0 Å². The monoisotopic (exact) mass is 365 g/mol. The fourth-order valence-electron chi connectivity index (χ4n) is 1.52. The Labute approximate surface area is 121 Å². The van der Waals surface area contributed by atoms with Gasteiger partial charge < -0.3 is 5.32 Å². The van der Waals surface area contributed by atoms with Gasteiger partial charge in [0.1, 0.15) is 0 Å². The zero-order valence-corrected chi connectivity index (χ0v) is 13.0. The van der Waals surface area contributed by atoms with Crippen molar-refractivity contribution in [3.05, 3.63) is 33.4 Å². The SMILES string of the molecule is CCC(C)(CCCl)NC(=O)c1ccccc1I. The quantitative estimate of drug-likeness (QED) is 0.624. The smallest absolute Gasteiger partial charge is 0.252 e. The zero-order valence-electron chi connectivity index (χ0n) is 10.1. The predicted octanol–water partition coefficient (Wildman–Crippen LogP) is 3.82. The largest absolute Gasteiger partial charge is 0.347 e. The average Bonchev–Trinajstić information content (AvgIpc) is 2.29.